The molecule has 0 aliphatic carbocycles. The fraction of sp³-hybridized carbons (Fsp3) is 0.526. The molecule has 2 aromatic rings. The predicted molar refractivity (Wildman–Crippen MR) is 113 cm³/mol. The van der Waals surface area contributed by atoms with Crippen molar-refractivity contribution in [1.29, 1.82) is 0 Å². The lowest BCUT2D eigenvalue weighted by Crippen LogP contribution is -2.34. The lowest BCUT2D eigenvalue weighted by atomic mass is 10.1. The summed E-state index contributed by atoms with van der Waals surface area (Å²) in [4.78, 5) is 25.2. The van der Waals surface area contributed by atoms with E-state index >= 15 is 0 Å². The van der Waals surface area contributed by atoms with Crippen LogP contribution in [0.5, 0.6) is 0 Å². The Balaban J connectivity index is 1.90. The topological polar surface area (TPSA) is 107 Å². The summed E-state index contributed by atoms with van der Waals surface area (Å²) in [6, 6.07) is 4.96. The smallest absolute Gasteiger partial charge is 0.350 e. The van der Waals surface area contributed by atoms with E-state index in [9.17, 15) is 18.1 Å². The second kappa shape index (κ2) is 9.41. The molecule has 3 rings (SSSR count). The Kier molecular flexibility index (Phi) is 6.88. The van der Waals surface area contributed by atoms with Crippen molar-refractivity contribution in [3.8, 4) is 0 Å². The first-order chi connectivity index (χ1) is 14.7. The normalized spacial score (nSPS) is 17.3. The molecule has 1 aromatic carbocycles. The average molecular weight is 438 g/mol. The number of hydrogen-bond donors (Lipinski definition) is 3. The first-order valence-electron chi connectivity index (χ1n) is 9.88. The van der Waals surface area contributed by atoms with E-state index < -0.39 is 12.1 Å². The molecule has 12 heteroatoms. The van der Waals surface area contributed by atoms with Crippen LogP contribution in [0.25, 0.3) is 0 Å². The van der Waals surface area contributed by atoms with Gasteiger partial charge >= 0.3 is 6.18 Å². The first kappa shape index (κ1) is 22.7. The number of nitrogens with zero attached hydrogens (tertiary/aromatic N) is 5. The molecule has 2 atom stereocenters. The van der Waals surface area contributed by atoms with E-state index in [0.717, 1.165) is 32.0 Å². The van der Waals surface area contributed by atoms with Crippen LogP contribution in [0.15, 0.2) is 23.4 Å². The first-order valence-corrected chi connectivity index (χ1v) is 9.88. The zero-order valence-corrected chi connectivity index (χ0v) is 17.5. The van der Waals surface area contributed by atoms with Gasteiger partial charge in [0.05, 0.1) is 5.92 Å². The fourth-order valence-electron chi connectivity index (χ4n) is 3.13. The number of nitroso groups, excluding NO2 is 1. The van der Waals surface area contributed by atoms with Crippen LogP contribution < -0.4 is 20.9 Å². The number of alkyl halides is 3. The molecule has 1 fully saturated rings. The Labute approximate surface area is 177 Å². The van der Waals surface area contributed by atoms with Gasteiger partial charge in [-0.3, -0.25) is 0 Å². The molecule has 1 aliphatic heterocycles. The van der Waals surface area contributed by atoms with Crippen LogP contribution in [0.4, 0.5) is 42.4 Å². The predicted octanol–water partition coefficient (Wildman–Crippen LogP) is 3.73. The number of aryl methyl sites for hydroxylation is 1. The summed E-state index contributed by atoms with van der Waals surface area (Å²) in [5, 5.41) is 12.4. The maximum Gasteiger partial charge on any atom is 0.393 e. The molecule has 1 saturated heterocycles. The van der Waals surface area contributed by atoms with Crippen molar-refractivity contribution >= 4 is 29.2 Å². The zero-order chi connectivity index (χ0) is 22.6. The molecule has 0 saturated carbocycles. The van der Waals surface area contributed by atoms with Gasteiger partial charge in [0.15, 0.2) is 0 Å². The van der Waals surface area contributed by atoms with Crippen molar-refractivity contribution in [2.45, 2.75) is 32.5 Å². The molecular formula is C19H25F3N8O. The maximum absolute atomic E-state index is 13.0. The Morgan fingerprint density at radius 2 is 2.03 bits per heavy atom. The molecule has 1 aliphatic rings. The lowest BCUT2D eigenvalue weighted by molar-refractivity contribution is -0.166. The lowest BCUT2D eigenvalue weighted by Gasteiger charge is -2.24. The van der Waals surface area contributed by atoms with E-state index in [1.807, 2.05) is 6.92 Å². The summed E-state index contributed by atoms with van der Waals surface area (Å²) in [7, 11) is 1.50. The van der Waals surface area contributed by atoms with Crippen LogP contribution >= 0.6 is 0 Å². The molecule has 0 radical (unpaired) electrons. The second-order valence-electron chi connectivity index (χ2n) is 7.66. The highest BCUT2D eigenvalue weighted by atomic mass is 19.4. The molecule has 1 unspecified atom stereocenters. The molecule has 31 heavy (non-hydrogen) atoms. The zero-order valence-electron chi connectivity index (χ0n) is 17.5. The molecule has 0 amide bonds. The van der Waals surface area contributed by atoms with E-state index in [-0.39, 0.29) is 36.1 Å². The second-order valence-corrected chi connectivity index (χ2v) is 7.66. The third kappa shape index (κ3) is 6.00. The Morgan fingerprint density at radius 3 is 2.68 bits per heavy atom. The molecular weight excluding hydrogens is 413 g/mol. The van der Waals surface area contributed by atoms with Crippen molar-refractivity contribution in [2.24, 2.45) is 11.1 Å². The van der Waals surface area contributed by atoms with E-state index in [1.165, 1.54) is 11.9 Å². The minimum atomic E-state index is -4.32. The van der Waals surface area contributed by atoms with Crippen LogP contribution in [0.3, 0.4) is 0 Å². The van der Waals surface area contributed by atoms with Gasteiger partial charge in [0, 0.05) is 31.9 Å². The van der Waals surface area contributed by atoms with Gasteiger partial charge in [0.25, 0.3) is 0 Å². The highest BCUT2D eigenvalue weighted by Crippen LogP contribution is 2.28. The molecule has 0 bridgehead atoms. The van der Waals surface area contributed by atoms with Crippen LogP contribution in [-0.4, -0.2) is 53.9 Å². The monoisotopic (exact) mass is 438 g/mol. The van der Waals surface area contributed by atoms with Crippen LogP contribution in [0.1, 0.15) is 18.9 Å². The number of nitrogens with one attached hydrogen (secondary N) is 3. The number of benzene rings is 1. The van der Waals surface area contributed by atoms with Crippen molar-refractivity contribution in [1.82, 2.24) is 20.3 Å². The summed E-state index contributed by atoms with van der Waals surface area (Å²) in [5.41, 5.74) is 1.62. The number of halogens is 3. The van der Waals surface area contributed by atoms with Gasteiger partial charge in [-0.25, -0.2) is 0 Å². The third-order valence-corrected chi connectivity index (χ3v) is 5.04. The molecule has 2 heterocycles. The Hall–Kier alpha value is -3.02. The van der Waals surface area contributed by atoms with Crippen molar-refractivity contribution in [3.05, 3.63) is 28.7 Å². The van der Waals surface area contributed by atoms with Crippen LogP contribution in [0, 0.1) is 17.7 Å². The van der Waals surface area contributed by atoms with Gasteiger partial charge < -0.3 is 20.9 Å². The Morgan fingerprint density at radius 1 is 1.29 bits per heavy atom. The van der Waals surface area contributed by atoms with Gasteiger partial charge in [-0.15, -0.1) is 4.91 Å². The number of aromatic nitrogens is 3. The van der Waals surface area contributed by atoms with E-state index in [4.69, 9.17) is 0 Å². The summed E-state index contributed by atoms with van der Waals surface area (Å²) in [5.74, 6) is -1.05. The highest BCUT2D eigenvalue weighted by Gasteiger charge is 2.37. The van der Waals surface area contributed by atoms with Crippen molar-refractivity contribution < 1.29 is 13.2 Å². The third-order valence-electron chi connectivity index (χ3n) is 5.04. The van der Waals surface area contributed by atoms with Gasteiger partial charge in [0.2, 0.25) is 17.8 Å². The SMILES string of the molecule is Cc1ccc(N=O)cc1Nc1nc(N[C@H]2CCNC2)nc(N(C)CC(C)C(F)(F)F)n1. The quantitative estimate of drug-likeness (QED) is 0.535. The standard InChI is InChI=1S/C19H25F3N8O/c1-11-4-5-13(29-31)8-15(11)25-17-26-16(24-14-6-7-23-9-14)27-18(28-17)30(3)10-12(2)19(20,21)22/h4-5,8,12,14,23H,6-7,9-10H2,1-3H3,(H2,24,25,26,27,28)/t12?,14-/m0/s1. The van der Waals surface area contributed by atoms with Crippen molar-refractivity contribution in [2.75, 3.05) is 42.2 Å². The van der Waals surface area contributed by atoms with Gasteiger partial charge in [0.1, 0.15) is 5.69 Å². The van der Waals surface area contributed by atoms with Crippen LogP contribution in [0.2, 0.25) is 0 Å². The summed E-state index contributed by atoms with van der Waals surface area (Å²) in [6.45, 7) is 4.23. The highest BCUT2D eigenvalue weighted by molar-refractivity contribution is 5.64. The molecule has 168 valence electrons. The average Bonchev–Trinajstić information content (AvgIpc) is 3.21. The van der Waals surface area contributed by atoms with E-state index in [2.05, 4.69) is 36.1 Å². The number of rotatable bonds is 8. The van der Waals surface area contributed by atoms with E-state index in [1.54, 1.807) is 18.2 Å². The minimum absolute atomic E-state index is 0.101. The van der Waals surface area contributed by atoms with Crippen LogP contribution in [-0.2, 0) is 0 Å². The van der Waals surface area contributed by atoms with Gasteiger partial charge in [-0.1, -0.05) is 13.0 Å². The largest absolute Gasteiger partial charge is 0.393 e. The van der Waals surface area contributed by atoms with Gasteiger partial charge in [-0.05, 0) is 42.8 Å². The number of anilines is 4. The fourth-order valence-corrected chi connectivity index (χ4v) is 3.13. The summed E-state index contributed by atoms with van der Waals surface area (Å²) < 4.78 is 39.0. The summed E-state index contributed by atoms with van der Waals surface area (Å²) >= 11 is 0. The molecule has 1 aromatic heterocycles. The Bertz CT molecular complexity index is 918. The molecule has 9 nitrogen and oxygen atoms in total. The molecule has 3 N–H and O–H groups in total. The number of hydrogen-bond acceptors (Lipinski definition) is 9. The molecule has 0 spiro atoms. The van der Waals surface area contributed by atoms with Crippen molar-refractivity contribution in [3.63, 3.8) is 0 Å². The summed E-state index contributed by atoms with van der Waals surface area (Å²) in [6.07, 6.45) is -3.45. The minimum Gasteiger partial charge on any atom is -0.350 e. The van der Waals surface area contributed by atoms with Gasteiger partial charge in [-0.2, -0.15) is 28.1 Å². The maximum atomic E-state index is 13.0. The van der Waals surface area contributed by atoms with E-state index in [0.29, 0.717) is 5.69 Å².